The normalized spacial score (nSPS) is 15.0. The van der Waals surface area contributed by atoms with Crippen molar-refractivity contribution in [2.45, 2.75) is 38.5 Å². The van der Waals surface area contributed by atoms with Gasteiger partial charge in [0.2, 0.25) is 0 Å². The molecule has 2 rings (SSSR count). The summed E-state index contributed by atoms with van der Waals surface area (Å²) in [5.74, 6) is 0. The first-order valence-corrected chi connectivity index (χ1v) is 7.78. The number of rotatable bonds is 8. The first-order chi connectivity index (χ1) is 10.8. The molecule has 0 aromatic rings. The maximum atomic E-state index is 3.71. The molecule has 0 aromatic heterocycles. The fraction of sp³-hybridized carbons (Fsp3) is 0.273. The van der Waals surface area contributed by atoms with Crippen molar-refractivity contribution in [2.24, 2.45) is 0 Å². The molecule has 2 aliphatic carbocycles. The molecule has 0 spiro atoms. The van der Waals surface area contributed by atoms with Crippen molar-refractivity contribution < 1.29 is 26.2 Å². The predicted octanol–water partition coefficient (Wildman–Crippen LogP) is 6.39. The van der Waals surface area contributed by atoms with Crippen molar-refractivity contribution in [2.75, 3.05) is 0 Å². The Balaban J connectivity index is 0.000000403. The quantitative estimate of drug-likeness (QED) is 0.337. The second-order valence-corrected chi connectivity index (χ2v) is 5.15. The summed E-state index contributed by atoms with van der Waals surface area (Å²) in [5.41, 5.74) is 5.36. The fourth-order valence-corrected chi connectivity index (χ4v) is 2.49. The Kier molecular flexibility index (Phi) is 12.6. The van der Waals surface area contributed by atoms with E-state index in [1.54, 1.807) is 0 Å². The molecular formula is C22H26Zr. The average Bonchev–Trinajstić information content (AvgIpc) is 3.12. The minimum atomic E-state index is 0. The van der Waals surface area contributed by atoms with Crippen LogP contribution in [0.1, 0.15) is 38.5 Å². The Morgan fingerprint density at radius 3 is 1.35 bits per heavy atom. The Labute approximate surface area is 161 Å². The first kappa shape index (κ1) is 21.8. The minimum Gasteiger partial charge on any atom is -0.269 e. The molecule has 0 atom stereocenters. The van der Waals surface area contributed by atoms with E-state index in [0.717, 1.165) is 38.5 Å². The monoisotopic (exact) mass is 380 g/mol. The van der Waals surface area contributed by atoms with Crippen LogP contribution in [0.15, 0.2) is 85.1 Å². The molecule has 0 fully saturated rings. The molecule has 118 valence electrons. The van der Waals surface area contributed by atoms with Crippen LogP contribution in [-0.2, 0) is 26.2 Å². The molecular weight excluding hydrogens is 355 g/mol. The zero-order valence-corrected chi connectivity index (χ0v) is 16.5. The first-order valence-electron chi connectivity index (χ1n) is 7.78. The summed E-state index contributed by atoms with van der Waals surface area (Å²) in [4.78, 5) is 0. The maximum absolute atomic E-state index is 3.71. The number of hydrogen-bond acceptors (Lipinski definition) is 0. The molecule has 2 aliphatic rings. The van der Waals surface area contributed by atoms with Gasteiger partial charge in [-0.15, -0.1) is 51.3 Å². The second kappa shape index (κ2) is 13.3. The summed E-state index contributed by atoms with van der Waals surface area (Å²) in [7, 11) is 0. The standard InChI is InChI=1S/2C11H13.Zr/c2*1-3-6-10-8-5-9-11(10)7-4-2;/h2*3-4,8H,1-2,5-7H2;/q2*-1;+2. The molecule has 0 radical (unpaired) electrons. The molecule has 1 heteroatoms. The van der Waals surface area contributed by atoms with Crippen LogP contribution in [0, 0.1) is 12.2 Å². The van der Waals surface area contributed by atoms with Crippen molar-refractivity contribution in [3.8, 4) is 0 Å². The van der Waals surface area contributed by atoms with E-state index in [9.17, 15) is 0 Å². The summed E-state index contributed by atoms with van der Waals surface area (Å²) in [6.45, 7) is 14.8. The molecule has 0 unspecified atom stereocenters. The van der Waals surface area contributed by atoms with Gasteiger partial charge in [-0.1, -0.05) is 25.0 Å². The van der Waals surface area contributed by atoms with Crippen LogP contribution in [0.2, 0.25) is 0 Å². The van der Waals surface area contributed by atoms with E-state index >= 15 is 0 Å². The second-order valence-electron chi connectivity index (χ2n) is 5.15. The summed E-state index contributed by atoms with van der Waals surface area (Å²) >= 11 is 0. The summed E-state index contributed by atoms with van der Waals surface area (Å²) in [6, 6.07) is 0. The third-order valence-electron chi connectivity index (χ3n) is 3.53. The molecule has 0 aliphatic heterocycles. The molecule has 0 saturated heterocycles. The summed E-state index contributed by atoms with van der Waals surface area (Å²) in [5, 5.41) is 0. The SMILES string of the molecule is C=CCC1=[C-]CC=C1CC=C.C=CCC1=[C-]CC=C1CC=C.[Zr+2]. The summed E-state index contributed by atoms with van der Waals surface area (Å²) in [6.07, 6.45) is 24.5. The van der Waals surface area contributed by atoms with Crippen molar-refractivity contribution >= 4 is 0 Å². The van der Waals surface area contributed by atoms with Gasteiger partial charge in [0, 0.05) is 0 Å². The predicted molar refractivity (Wildman–Crippen MR) is 98.2 cm³/mol. The Hall–Kier alpha value is -1.20. The van der Waals surface area contributed by atoms with Gasteiger partial charge in [-0.25, -0.2) is 11.1 Å². The Morgan fingerprint density at radius 1 is 0.696 bits per heavy atom. The van der Waals surface area contributed by atoms with Crippen molar-refractivity contribution in [1.82, 2.24) is 0 Å². The molecule has 0 N–H and O–H groups in total. The largest absolute Gasteiger partial charge is 2.00 e. The van der Waals surface area contributed by atoms with Gasteiger partial charge < -0.3 is 0 Å². The van der Waals surface area contributed by atoms with E-state index in [0.29, 0.717) is 0 Å². The van der Waals surface area contributed by atoms with Crippen LogP contribution in [0.3, 0.4) is 0 Å². The van der Waals surface area contributed by atoms with Gasteiger partial charge in [0.25, 0.3) is 0 Å². The van der Waals surface area contributed by atoms with Gasteiger partial charge in [-0.2, -0.15) is 23.3 Å². The zero-order chi connectivity index (χ0) is 16.2. The van der Waals surface area contributed by atoms with Gasteiger partial charge in [0.15, 0.2) is 0 Å². The van der Waals surface area contributed by atoms with Crippen LogP contribution < -0.4 is 0 Å². The Bertz CT molecular complexity index is 440. The molecule has 0 nitrogen and oxygen atoms in total. The van der Waals surface area contributed by atoms with E-state index in [-0.39, 0.29) is 26.2 Å². The van der Waals surface area contributed by atoms with Crippen LogP contribution >= 0.6 is 0 Å². The molecule has 0 aromatic carbocycles. The van der Waals surface area contributed by atoms with E-state index in [4.69, 9.17) is 0 Å². The number of allylic oxidation sites excluding steroid dienone is 12. The van der Waals surface area contributed by atoms with E-state index in [1.807, 2.05) is 24.3 Å². The fourth-order valence-electron chi connectivity index (χ4n) is 2.49. The van der Waals surface area contributed by atoms with Gasteiger partial charge in [0.1, 0.15) is 0 Å². The third kappa shape index (κ3) is 7.75. The van der Waals surface area contributed by atoms with Crippen LogP contribution in [0.5, 0.6) is 0 Å². The molecule has 0 bridgehead atoms. The summed E-state index contributed by atoms with van der Waals surface area (Å²) < 4.78 is 0. The van der Waals surface area contributed by atoms with Crippen LogP contribution in [-0.4, -0.2) is 0 Å². The zero-order valence-electron chi connectivity index (χ0n) is 14.0. The smallest absolute Gasteiger partial charge is 0.269 e. The van der Waals surface area contributed by atoms with Crippen LogP contribution in [0.25, 0.3) is 0 Å². The molecule has 0 amide bonds. The topological polar surface area (TPSA) is 0 Å². The molecule has 23 heavy (non-hydrogen) atoms. The van der Waals surface area contributed by atoms with Gasteiger partial charge in [0.05, 0.1) is 0 Å². The van der Waals surface area contributed by atoms with E-state index in [2.05, 4.69) is 50.6 Å². The molecule has 0 heterocycles. The molecule has 0 saturated carbocycles. The third-order valence-corrected chi connectivity index (χ3v) is 3.53. The van der Waals surface area contributed by atoms with Gasteiger partial charge in [-0.3, -0.25) is 12.2 Å². The minimum absolute atomic E-state index is 0. The van der Waals surface area contributed by atoms with E-state index in [1.165, 1.54) is 22.3 Å². The van der Waals surface area contributed by atoms with Crippen molar-refractivity contribution in [1.29, 1.82) is 0 Å². The maximum Gasteiger partial charge on any atom is 2.00 e. The van der Waals surface area contributed by atoms with Gasteiger partial charge >= 0.3 is 26.2 Å². The van der Waals surface area contributed by atoms with Crippen molar-refractivity contribution in [3.05, 3.63) is 97.2 Å². The van der Waals surface area contributed by atoms with Gasteiger partial charge in [-0.05, 0) is 12.8 Å². The Morgan fingerprint density at radius 2 is 1.04 bits per heavy atom. The average molecular weight is 382 g/mol. The van der Waals surface area contributed by atoms with Crippen molar-refractivity contribution in [3.63, 3.8) is 0 Å². The van der Waals surface area contributed by atoms with Crippen LogP contribution in [0.4, 0.5) is 0 Å². The van der Waals surface area contributed by atoms with E-state index < -0.39 is 0 Å². The number of hydrogen-bond donors (Lipinski definition) is 0.